The van der Waals surface area contributed by atoms with Crippen LogP contribution in [0.3, 0.4) is 0 Å². The molecule has 1 aromatic heterocycles. The zero-order chi connectivity index (χ0) is 20.3. The fourth-order valence-electron chi connectivity index (χ4n) is 3.49. The summed E-state index contributed by atoms with van der Waals surface area (Å²) in [6.07, 6.45) is 3.12. The predicted octanol–water partition coefficient (Wildman–Crippen LogP) is 5.37. The number of hydrogen-bond acceptors (Lipinski definition) is 4. The standard InChI is InChI=1S/C22H25ClN4O/c1-14(2)9-10-20(28)26-21-15(3)12-19(25-22(21)23)27-11-5-7-17-16(13-24)6-4-8-18(17)27/h4,6,8,12,14H,5,7,9-11H2,1-3H3,(H,26,28). The van der Waals surface area contributed by atoms with Gasteiger partial charge in [0.1, 0.15) is 5.82 Å². The highest BCUT2D eigenvalue weighted by atomic mass is 35.5. The van der Waals surface area contributed by atoms with Crippen molar-refractivity contribution in [3.05, 3.63) is 46.1 Å². The summed E-state index contributed by atoms with van der Waals surface area (Å²) in [5.74, 6) is 1.16. The predicted molar refractivity (Wildman–Crippen MR) is 113 cm³/mol. The van der Waals surface area contributed by atoms with Gasteiger partial charge < -0.3 is 10.2 Å². The van der Waals surface area contributed by atoms with Gasteiger partial charge in [0.05, 0.1) is 17.3 Å². The number of hydrogen-bond donors (Lipinski definition) is 1. The molecule has 5 nitrogen and oxygen atoms in total. The van der Waals surface area contributed by atoms with Gasteiger partial charge in [0.2, 0.25) is 5.91 Å². The summed E-state index contributed by atoms with van der Waals surface area (Å²) in [7, 11) is 0. The largest absolute Gasteiger partial charge is 0.326 e. The molecule has 0 saturated heterocycles. The zero-order valence-corrected chi connectivity index (χ0v) is 17.3. The van der Waals surface area contributed by atoms with Crippen molar-refractivity contribution in [2.75, 3.05) is 16.8 Å². The Hall–Kier alpha value is -2.58. The second-order valence-corrected chi connectivity index (χ2v) is 7.97. The summed E-state index contributed by atoms with van der Waals surface area (Å²) < 4.78 is 0. The number of carbonyl (C=O) groups excluding carboxylic acids is 1. The van der Waals surface area contributed by atoms with Gasteiger partial charge in [-0.2, -0.15) is 5.26 Å². The number of anilines is 3. The van der Waals surface area contributed by atoms with Crippen LogP contribution in [0.4, 0.5) is 17.2 Å². The quantitative estimate of drug-likeness (QED) is 0.689. The minimum atomic E-state index is -0.0461. The smallest absolute Gasteiger partial charge is 0.224 e. The zero-order valence-electron chi connectivity index (χ0n) is 16.6. The maximum absolute atomic E-state index is 12.2. The third-order valence-electron chi connectivity index (χ3n) is 5.02. The topological polar surface area (TPSA) is 69.0 Å². The third-order valence-corrected chi connectivity index (χ3v) is 5.29. The first-order valence-electron chi connectivity index (χ1n) is 9.67. The van der Waals surface area contributed by atoms with Gasteiger partial charge in [0, 0.05) is 18.7 Å². The second-order valence-electron chi connectivity index (χ2n) is 7.61. The van der Waals surface area contributed by atoms with Crippen LogP contribution < -0.4 is 10.2 Å². The van der Waals surface area contributed by atoms with Gasteiger partial charge >= 0.3 is 0 Å². The van der Waals surface area contributed by atoms with Crippen molar-refractivity contribution in [1.29, 1.82) is 5.26 Å². The number of aryl methyl sites for hydroxylation is 1. The number of nitrogens with one attached hydrogen (secondary N) is 1. The molecule has 0 spiro atoms. The molecule has 1 aliphatic heterocycles. The number of nitrogens with zero attached hydrogens (tertiary/aromatic N) is 3. The van der Waals surface area contributed by atoms with E-state index in [0.29, 0.717) is 23.6 Å². The highest BCUT2D eigenvalue weighted by Gasteiger charge is 2.23. The van der Waals surface area contributed by atoms with Gasteiger partial charge in [-0.3, -0.25) is 4.79 Å². The van der Waals surface area contributed by atoms with E-state index in [-0.39, 0.29) is 11.1 Å². The molecule has 1 aromatic carbocycles. The van der Waals surface area contributed by atoms with Crippen LogP contribution in [0, 0.1) is 24.2 Å². The lowest BCUT2D eigenvalue weighted by Gasteiger charge is -2.31. The molecule has 0 unspecified atom stereocenters. The average molecular weight is 397 g/mol. The number of aromatic nitrogens is 1. The van der Waals surface area contributed by atoms with E-state index in [9.17, 15) is 10.1 Å². The van der Waals surface area contributed by atoms with Crippen LogP contribution >= 0.6 is 11.6 Å². The lowest BCUT2D eigenvalue weighted by Crippen LogP contribution is -2.26. The lowest BCUT2D eigenvalue weighted by molar-refractivity contribution is -0.116. The van der Waals surface area contributed by atoms with Crippen LogP contribution in [0.2, 0.25) is 5.15 Å². The normalized spacial score (nSPS) is 13.2. The highest BCUT2D eigenvalue weighted by Crippen LogP contribution is 2.37. The molecule has 28 heavy (non-hydrogen) atoms. The molecule has 6 heteroatoms. The first-order chi connectivity index (χ1) is 13.4. The maximum atomic E-state index is 12.2. The minimum absolute atomic E-state index is 0.0461. The van der Waals surface area contributed by atoms with Gasteiger partial charge in [-0.15, -0.1) is 0 Å². The fraction of sp³-hybridized carbons (Fsp3) is 0.409. The number of pyridine rings is 1. The van der Waals surface area contributed by atoms with E-state index in [4.69, 9.17) is 11.6 Å². The van der Waals surface area contributed by atoms with Gasteiger partial charge in [0.15, 0.2) is 5.15 Å². The Morgan fingerprint density at radius 3 is 2.89 bits per heavy atom. The SMILES string of the molecule is Cc1cc(N2CCCc3c(C#N)cccc32)nc(Cl)c1NC(=O)CCC(C)C. The number of nitriles is 1. The first kappa shape index (κ1) is 20.2. The number of rotatable bonds is 5. The van der Waals surface area contributed by atoms with Crippen LogP contribution in [0.25, 0.3) is 0 Å². The van der Waals surface area contributed by atoms with E-state index in [1.807, 2.05) is 31.2 Å². The summed E-state index contributed by atoms with van der Waals surface area (Å²) in [5.41, 5.74) is 4.21. The molecule has 3 rings (SSSR count). The number of carbonyl (C=O) groups is 1. The van der Waals surface area contributed by atoms with E-state index >= 15 is 0 Å². The monoisotopic (exact) mass is 396 g/mol. The van der Waals surface area contributed by atoms with E-state index < -0.39 is 0 Å². The number of halogens is 1. The van der Waals surface area contributed by atoms with Crippen molar-refractivity contribution in [2.24, 2.45) is 5.92 Å². The lowest BCUT2D eigenvalue weighted by atomic mass is 9.97. The Bertz CT molecular complexity index is 910. The molecule has 146 valence electrons. The maximum Gasteiger partial charge on any atom is 0.224 e. The molecular formula is C22H25ClN4O. The molecule has 0 aliphatic carbocycles. The molecular weight excluding hydrogens is 372 g/mol. The summed E-state index contributed by atoms with van der Waals surface area (Å²) in [6, 6.07) is 9.99. The van der Waals surface area contributed by atoms with Crippen molar-refractivity contribution >= 4 is 34.7 Å². The van der Waals surface area contributed by atoms with Crippen LogP contribution in [-0.4, -0.2) is 17.4 Å². The van der Waals surface area contributed by atoms with Crippen LogP contribution in [-0.2, 0) is 11.2 Å². The second kappa shape index (κ2) is 8.62. The highest BCUT2D eigenvalue weighted by molar-refractivity contribution is 6.32. The van der Waals surface area contributed by atoms with Gasteiger partial charge in [-0.05, 0) is 61.4 Å². The average Bonchev–Trinajstić information content (AvgIpc) is 2.68. The Kier molecular flexibility index (Phi) is 6.21. The Morgan fingerprint density at radius 1 is 1.43 bits per heavy atom. The summed E-state index contributed by atoms with van der Waals surface area (Å²) in [5, 5.41) is 12.6. The van der Waals surface area contributed by atoms with Crippen LogP contribution in [0.15, 0.2) is 24.3 Å². The summed E-state index contributed by atoms with van der Waals surface area (Å²) in [4.78, 5) is 18.9. The number of amides is 1. The molecule has 1 amide bonds. The van der Waals surface area contributed by atoms with Gasteiger partial charge in [-0.25, -0.2) is 4.98 Å². The van der Waals surface area contributed by atoms with Crippen LogP contribution in [0.5, 0.6) is 0 Å². The van der Waals surface area contributed by atoms with Crippen molar-refractivity contribution < 1.29 is 4.79 Å². The van der Waals surface area contributed by atoms with Crippen molar-refractivity contribution in [2.45, 2.75) is 46.5 Å². The molecule has 0 fully saturated rings. The first-order valence-corrected chi connectivity index (χ1v) is 10.0. The molecule has 2 heterocycles. The van der Waals surface area contributed by atoms with E-state index in [0.717, 1.165) is 48.4 Å². The van der Waals surface area contributed by atoms with E-state index in [2.05, 4.69) is 35.1 Å². The van der Waals surface area contributed by atoms with Crippen molar-refractivity contribution in [3.8, 4) is 6.07 Å². The number of benzene rings is 1. The minimum Gasteiger partial charge on any atom is -0.326 e. The summed E-state index contributed by atoms with van der Waals surface area (Å²) >= 11 is 6.44. The Labute approximate surface area is 171 Å². The van der Waals surface area contributed by atoms with Gasteiger partial charge in [0.25, 0.3) is 0 Å². The van der Waals surface area contributed by atoms with Crippen molar-refractivity contribution in [1.82, 2.24) is 4.98 Å². The van der Waals surface area contributed by atoms with Crippen LogP contribution in [0.1, 0.15) is 49.8 Å². The molecule has 2 aromatic rings. The molecule has 1 aliphatic rings. The molecule has 0 radical (unpaired) electrons. The molecule has 0 atom stereocenters. The molecule has 1 N–H and O–H groups in total. The van der Waals surface area contributed by atoms with E-state index in [1.54, 1.807) is 0 Å². The Balaban J connectivity index is 1.88. The number of fused-ring (bicyclic) bond motifs is 1. The van der Waals surface area contributed by atoms with Crippen molar-refractivity contribution in [3.63, 3.8) is 0 Å². The summed E-state index contributed by atoms with van der Waals surface area (Å²) in [6.45, 7) is 6.92. The molecule has 0 saturated carbocycles. The molecule has 0 bridgehead atoms. The van der Waals surface area contributed by atoms with Gasteiger partial charge in [-0.1, -0.05) is 31.5 Å². The van der Waals surface area contributed by atoms with E-state index in [1.165, 1.54) is 0 Å². The fourth-order valence-corrected chi connectivity index (χ4v) is 3.78. The Morgan fingerprint density at radius 2 is 2.21 bits per heavy atom. The third kappa shape index (κ3) is 4.28.